The fourth-order valence-corrected chi connectivity index (χ4v) is 3.59. The topological polar surface area (TPSA) is 9.23 Å². The highest BCUT2D eigenvalue weighted by Crippen LogP contribution is 2.24. The third kappa shape index (κ3) is 5.52. The van der Waals surface area contributed by atoms with Gasteiger partial charge < -0.3 is 4.74 Å². The molecule has 0 radical (unpaired) electrons. The summed E-state index contributed by atoms with van der Waals surface area (Å²) >= 11 is 0. The predicted octanol–water partition coefficient (Wildman–Crippen LogP) is 7.29. The molecule has 176 valence electrons. The van der Waals surface area contributed by atoms with Crippen LogP contribution >= 0.6 is 0 Å². The van der Waals surface area contributed by atoms with E-state index in [1.165, 1.54) is 36.4 Å². The Morgan fingerprint density at radius 2 is 1.57 bits per heavy atom. The molecule has 35 heavy (non-hydrogen) atoms. The van der Waals surface area contributed by atoms with Crippen LogP contribution in [-0.2, 0) is 12.8 Å². The van der Waals surface area contributed by atoms with Crippen LogP contribution < -0.4 is 4.74 Å². The number of halogens is 5. The summed E-state index contributed by atoms with van der Waals surface area (Å²) in [6.07, 6.45) is 2.37. The van der Waals surface area contributed by atoms with Crippen LogP contribution in [0.2, 0.25) is 0 Å². The number of rotatable bonds is 6. The van der Waals surface area contributed by atoms with E-state index in [4.69, 9.17) is 4.74 Å². The average molecular weight is 478 g/mol. The molecule has 0 bridgehead atoms. The average Bonchev–Trinajstić information content (AvgIpc) is 2.85. The Bertz CT molecular complexity index is 1480. The first-order valence-corrected chi connectivity index (χ1v) is 10.8. The molecule has 0 N–H and O–H groups in total. The summed E-state index contributed by atoms with van der Waals surface area (Å²) in [4.78, 5) is 0. The third-order valence-electron chi connectivity index (χ3n) is 5.42. The number of benzene rings is 4. The number of aryl methyl sites for hydroxylation is 2. The predicted molar refractivity (Wildman–Crippen MR) is 126 cm³/mol. The van der Waals surface area contributed by atoms with E-state index in [2.05, 4.69) is 18.4 Å². The fraction of sp³-hybridized carbons (Fsp3) is 0.103. The van der Waals surface area contributed by atoms with Crippen LogP contribution in [0.25, 0.3) is 10.8 Å². The van der Waals surface area contributed by atoms with E-state index in [-0.39, 0.29) is 22.9 Å². The smallest absolute Gasteiger partial charge is 0.195 e. The highest BCUT2D eigenvalue weighted by Gasteiger charge is 2.13. The Hall–Kier alpha value is -4.11. The van der Waals surface area contributed by atoms with Crippen LogP contribution in [0.1, 0.15) is 22.3 Å². The molecule has 0 aliphatic carbocycles. The van der Waals surface area contributed by atoms with E-state index in [0.717, 1.165) is 6.07 Å². The van der Waals surface area contributed by atoms with Crippen molar-refractivity contribution in [1.29, 1.82) is 0 Å². The van der Waals surface area contributed by atoms with Crippen molar-refractivity contribution in [1.82, 2.24) is 0 Å². The lowest BCUT2D eigenvalue weighted by Gasteiger charge is -2.08. The van der Waals surface area contributed by atoms with Crippen LogP contribution in [0, 0.1) is 40.9 Å². The van der Waals surface area contributed by atoms with Gasteiger partial charge in [-0.15, -0.1) is 0 Å². The molecule has 1 nitrogen and oxygen atoms in total. The molecule has 4 aromatic carbocycles. The summed E-state index contributed by atoms with van der Waals surface area (Å²) in [5.74, 6) is 0.842. The zero-order valence-corrected chi connectivity index (χ0v) is 18.5. The minimum Gasteiger partial charge on any atom is -0.489 e. The van der Waals surface area contributed by atoms with Crippen molar-refractivity contribution in [2.75, 3.05) is 6.61 Å². The van der Waals surface area contributed by atoms with Crippen molar-refractivity contribution in [3.63, 3.8) is 0 Å². The number of hydrogen-bond donors (Lipinski definition) is 0. The molecule has 0 atom stereocenters. The molecule has 0 spiro atoms. The van der Waals surface area contributed by atoms with Crippen molar-refractivity contribution in [3.8, 4) is 17.6 Å². The molecule has 4 rings (SSSR count). The maximum absolute atomic E-state index is 14.6. The van der Waals surface area contributed by atoms with Gasteiger partial charge in [-0.05, 0) is 65.8 Å². The van der Waals surface area contributed by atoms with Crippen LogP contribution in [0.15, 0.2) is 73.3 Å². The van der Waals surface area contributed by atoms with Gasteiger partial charge in [0.2, 0.25) is 0 Å². The summed E-state index contributed by atoms with van der Waals surface area (Å²) in [7, 11) is 0. The Kier molecular flexibility index (Phi) is 7.17. The lowest BCUT2D eigenvalue weighted by molar-refractivity contribution is 0.360. The Balaban J connectivity index is 1.47. The number of hydrogen-bond acceptors (Lipinski definition) is 1. The summed E-state index contributed by atoms with van der Waals surface area (Å²) in [6.45, 7) is 3.83. The minimum atomic E-state index is -1.53. The molecular formula is C29H19F5O. The van der Waals surface area contributed by atoms with Crippen LogP contribution in [-0.4, -0.2) is 6.61 Å². The molecule has 0 fully saturated rings. The second kappa shape index (κ2) is 10.4. The van der Waals surface area contributed by atoms with Gasteiger partial charge in [0.05, 0.1) is 5.56 Å². The van der Waals surface area contributed by atoms with Gasteiger partial charge in [-0.1, -0.05) is 42.7 Å². The van der Waals surface area contributed by atoms with Crippen LogP contribution in [0.4, 0.5) is 22.0 Å². The lowest BCUT2D eigenvalue weighted by Crippen LogP contribution is -1.98. The van der Waals surface area contributed by atoms with Gasteiger partial charge >= 0.3 is 0 Å². The maximum atomic E-state index is 14.6. The first kappa shape index (κ1) is 24.0. The lowest BCUT2D eigenvalue weighted by atomic mass is 10.0. The highest BCUT2D eigenvalue weighted by atomic mass is 19.2. The van der Waals surface area contributed by atoms with E-state index >= 15 is 0 Å². The van der Waals surface area contributed by atoms with E-state index in [1.54, 1.807) is 24.3 Å². The molecular weight excluding hydrogens is 459 g/mol. The summed E-state index contributed by atoms with van der Waals surface area (Å²) in [5.41, 5.74) is 1.70. The van der Waals surface area contributed by atoms with Gasteiger partial charge in [-0.2, -0.15) is 0 Å². The first-order valence-electron chi connectivity index (χ1n) is 10.8. The maximum Gasteiger partial charge on any atom is 0.195 e. The highest BCUT2D eigenvalue weighted by molar-refractivity contribution is 5.84. The van der Waals surface area contributed by atoms with Gasteiger partial charge in [0, 0.05) is 17.0 Å². The molecule has 0 unspecified atom stereocenters. The largest absolute Gasteiger partial charge is 0.489 e. The zero-order valence-electron chi connectivity index (χ0n) is 18.5. The SMILES string of the molecule is C=CCOc1ccc(CCc2ccc(C#Cc3ccc4c(F)c(F)c(F)cc4c3)c(F)c2)c(F)c1. The van der Waals surface area contributed by atoms with E-state index in [0.29, 0.717) is 35.3 Å². The van der Waals surface area contributed by atoms with Crippen molar-refractivity contribution in [2.24, 2.45) is 0 Å². The van der Waals surface area contributed by atoms with Gasteiger partial charge in [0.25, 0.3) is 0 Å². The van der Waals surface area contributed by atoms with Gasteiger partial charge in [0.1, 0.15) is 24.0 Å². The first-order chi connectivity index (χ1) is 16.9. The van der Waals surface area contributed by atoms with Crippen molar-refractivity contribution in [3.05, 3.63) is 125 Å². The van der Waals surface area contributed by atoms with Crippen molar-refractivity contribution < 1.29 is 26.7 Å². The molecule has 0 saturated carbocycles. The molecule has 0 aliphatic heterocycles. The van der Waals surface area contributed by atoms with E-state index < -0.39 is 29.1 Å². The Morgan fingerprint density at radius 1 is 0.743 bits per heavy atom. The zero-order chi connectivity index (χ0) is 24.9. The Labute approximate surface area is 199 Å². The normalized spacial score (nSPS) is 10.7. The van der Waals surface area contributed by atoms with E-state index in [9.17, 15) is 22.0 Å². The summed E-state index contributed by atoms with van der Waals surface area (Å²) in [5, 5.41) is 0.0805. The van der Waals surface area contributed by atoms with Gasteiger partial charge in [-0.25, -0.2) is 22.0 Å². The number of fused-ring (bicyclic) bond motifs is 1. The molecule has 0 aliphatic rings. The molecule has 0 heterocycles. The van der Waals surface area contributed by atoms with E-state index in [1.807, 2.05) is 0 Å². The van der Waals surface area contributed by atoms with Gasteiger partial charge in [0.15, 0.2) is 17.5 Å². The minimum absolute atomic E-state index is 0.0691. The standard InChI is InChI=1S/C29H19F5O/c1-2-13-35-23-11-10-21(26(31)17-23)9-5-19-4-8-20(25(30)15-19)7-3-18-6-12-24-22(14-18)16-27(32)29(34)28(24)33/h2,4,6,8,10-12,14-17H,1,5,9,13H2. The number of ether oxygens (including phenoxy) is 1. The second-order valence-electron chi connectivity index (χ2n) is 7.84. The molecule has 0 amide bonds. The second-order valence-corrected chi connectivity index (χ2v) is 7.84. The van der Waals surface area contributed by atoms with Crippen molar-refractivity contribution in [2.45, 2.75) is 12.8 Å². The van der Waals surface area contributed by atoms with Crippen LogP contribution in [0.3, 0.4) is 0 Å². The molecule has 6 heteroatoms. The summed E-state index contributed by atoms with van der Waals surface area (Å²) in [6, 6.07) is 14.2. The van der Waals surface area contributed by atoms with Crippen LogP contribution in [0.5, 0.6) is 5.75 Å². The fourth-order valence-electron chi connectivity index (χ4n) is 3.59. The van der Waals surface area contributed by atoms with Gasteiger partial charge in [-0.3, -0.25) is 0 Å². The molecule has 0 aromatic heterocycles. The third-order valence-corrected chi connectivity index (χ3v) is 5.42. The quantitative estimate of drug-likeness (QED) is 0.122. The molecule has 4 aromatic rings. The molecule has 0 saturated heterocycles. The summed E-state index contributed by atoms with van der Waals surface area (Å²) < 4.78 is 74.9. The monoisotopic (exact) mass is 478 g/mol. The Morgan fingerprint density at radius 3 is 2.31 bits per heavy atom. The van der Waals surface area contributed by atoms with Crippen molar-refractivity contribution >= 4 is 10.8 Å².